The smallest absolute Gasteiger partial charge is 0.335 e. The number of halogens is 3. The van der Waals surface area contributed by atoms with Gasteiger partial charge in [-0.1, -0.05) is 29.8 Å². The molecule has 0 amide bonds. The van der Waals surface area contributed by atoms with Gasteiger partial charge >= 0.3 is 5.97 Å². The molecule has 0 saturated carbocycles. The molecule has 44 heavy (non-hydrogen) atoms. The maximum absolute atomic E-state index is 15.6. The Hall–Kier alpha value is -4.38. The number of pyridine rings is 1. The van der Waals surface area contributed by atoms with E-state index in [1.54, 1.807) is 49.6 Å². The molecule has 1 fully saturated rings. The van der Waals surface area contributed by atoms with Gasteiger partial charge in [0.05, 0.1) is 48.2 Å². The SMILES string of the molecule is COC[C@H]1COC[C@H]1n1c(Cc2cc(F)c(-c3cccc(OCc4ccc(Cl)cc4)n3)cc2F)nc2ccc(C(=O)O)cc21. The molecule has 1 aliphatic rings. The van der Waals surface area contributed by atoms with Gasteiger partial charge in [0.15, 0.2) is 0 Å². The minimum absolute atomic E-state index is 0.00727. The van der Waals surface area contributed by atoms with E-state index in [9.17, 15) is 9.90 Å². The van der Waals surface area contributed by atoms with Gasteiger partial charge < -0.3 is 23.9 Å². The summed E-state index contributed by atoms with van der Waals surface area (Å²) in [7, 11) is 1.60. The van der Waals surface area contributed by atoms with Gasteiger partial charge in [0.25, 0.3) is 0 Å². The molecule has 226 valence electrons. The van der Waals surface area contributed by atoms with Crippen molar-refractivity contribution in [2.75, 3.05) is 26.9 Å². The Morgan fingerprint density at radius 1 is 1.05 bits per heavy atom. The average Bonchev–Trinajstić information content (AvgIpc) is 3.61. The van der Waals surface area contributed by atoms with Crippen LogP contribution in [0.4, 0.5) is 8.78 Å². The number of carboxylic acid groups (broad SMARTS) is 1. The van der Waals surface area contributed by atoms with Crippen LogP contribution in [-0.4, -0.2) is 52.5 Å². The molecule has 2 aromatic heterocycles. The molecule has 1 saturated heterocycles. The molecule has 0 aliphatic carbocycles. The van der Waals surface area contributed by atoms with E-state index in [2.05, 4.69) is 4.98 Å². The lowest BCUT2D eigenvalue weighted by Crippen LogP contribution is -2.23. The third-order valence-electron chi connectivity index (χ3n) is 7.67. The van der Waals surface area contributed by atoms with Crippen LogP contribution < -0.4 is 4.74 Å². The largest absolute Gasteiger partial charge is 0.478 e. The molecular weight excluding hydrogens is 592 g/mol. The minimum Gasteiger partial charge on any atom is -0.478 e. The molecule has 8 nitrogen and oxygen atoms in total. The summed E-state index contributed by atoms with van der Waals surface area (Å²) in [5.41, 5.74) is 2.41. The first-order valence-electron chi connectivity index (χ1n) is 13.9. The normalized spacial score (nSPS) is 16.5. The van der Waals surface area contributed by atoms with Crippen molar-refractivity contribution in [3.63, 3.8) is 0 Å². The van der Waals surface area contributed by atoms with Gasteiger partial charge in [0.2, 0.25) is 5.88 Å². The molecule has 0 spiro atoms. The number of ether oxygens (including phenoxy) is 3. The molecule has 1 aliphatic heterocycles. The van der Waals surface area contributed by atoms with Crippen LogP contribution in [-0.2, 0) is 22.5 Å². The summed E-state index contributed by atoms with van der Waals surface area (Å²) in [6.07, 6.45) is -0.0337. The molecule has 1 N–H and O–H groups in total. The first-order chi connectivity index (χ1) is 21.3. The molecule has 0 unspecified atom stereocenters. The summed E-state index contributed by atoms with van der Waals surface area (Å²) in [4.78, 5) is 20.8. The number of benzene rings is 3. The van der Waals surface area contributed by atoms with E-state index < -0.39 is 17.6 Å². The highest BCUT2D eigenvalue weighted by Crippen LogP contribution is 2.34. The Bertz CT molecular complexity index is 1830. The van der Waals surface area contributed by atoms with E-state index in [1.807, 2.05) is 16.7 Å². The van der Waals surface area contributed by atoms with Crippen molar-refractivity contribution in [3.8, 4) is 17.1 Å². The molecule has 0 radical (unpaired) electrons. The zero-order valence-corrected chi connectivity index (χ0v) is 24.4. The molecule has 11 heteroatoms. The van der Waals surface area contributed by atoms with E-state index in [4.69, 9.17) is 30.8 Å². The Morgan fingerprint density at radius 2 is 1.86 bits per heavy atom. The van der Waals surface area contributed by atoms with Gasteiger partial charge in [-0.2, -0.15) is 0 Å². The molecule has 5 aromatic rings. The minimum atomic E-state index is -1.07. The topological polar surface area (TPSA) is 95.7 Å². The number of carboxylic acids is 1. The van der Waals surface area contributed by atoms with Crippen molar-refractivity contribution in [3.05, 3.63) is 112 Å². The van der Waals surface area contributed by atoms with Crippen LogP contribution in [0.3, 0.4) is 0 Å². The zero-order valence-electron chi connectivity index (χ0n) is 23.7. The molecule has 2 atom stereocenters. The summed E-state index contributed by atoms with van der Waals surface area (Å²) in [5.74, 6) is -1.67. The van der Waals surface area contributed by atoms with Crippen molar-refractivity contribution < 1.29 is 32.9 Å². The van der Waals surface area contributed by atoms with E-state index >= 15 is 8.78 Å². The van der Waals surface area contributed by atoms with Crippen LogP contribution in [0.25, 0.3) is 22.3 Å². The van der Waals surface area contributed by atoms with E-state index in [0.29, 0.717) is 41.7 Å². The summed E-state index contributed by atoms with van der Waals surface area (Å²) >= 11 is 5.94. The summed E-state index contributed by atoms with van der Waals surface area (Å²) < 4.78 is 50.0. The molecule has 0 bridgehead atoms. The first-order valence-corrected chi connectivity index (χ1v) is 14.3. The Morgan fingerprint density at radius 3 is 2.64 bits per heavy atom. The van der Waals surface area contributed by atoms with Crippen molar-refractivity contribution in [1.82, 2.24) is 14.5 Å². The van der Waals surface area contributed by atoms with Gasteiger partial charge in [-0.3, -0.25) is 0 Å². The highest BCUT2D eigenvalue weighted by Gasteiger charge is 2.33. The second-order valence-electron chi connectivity index (χ2n) is 10.6. The summed E-state index contributed by atoms with van der Waals surface area (Å²) in [6, 6.07) is 18.7. The summed E-state index contributed by atoms with van der Waals surface area (Å²) in [5, 5.41) is 10.2. The lowest BCUT2D eigenvalue weighted by atomic mass is 10.0. The van der Waals surface area contributed by atoms with Crippen LogP contribution >= 0.6 is 11.6 Å². The van der Waals surface area contributed by atoms with Crippen LogP contribution in [0.5, 0.6) is 5.88 Å². The monoisotopic (exact) mass is 619 g/mol. The fourth-order valence-electron chi connectivity index (χ4n) is 5.49. The van der Waals surface area contributed by atoms with Crippen molar-refractivity contribution >= 4 is 28.6 Å². The van der Waals surface area contributed by atoms with Crippen molar-refractivity contribution in [2.45, 2.75) is 19.1 Å². The van der Waals surface area contributed by atoms with Crippen molar-refractivity contribution in [2.24, 2.45) is 5.92 Å². The molecular formula is C33H28ClF2N3O5. The Balaban J connectivity index is 1.31. The summed E-state index contributed by atoms with van der Waals surface area (Å²) in [6.45, 7) is 1.44. The number of fused-ring (bicyclic) bond motifs is 1. The quantitative estimate of drug-likeness (QED) is 0.185. The molecule has 6 rings (SSSR count). The third-order valence-corrected chi connectivity index (χ3v) is 7.92. The number of nitrogens with zero attached hydrogens (tertiary/aromatic N) is 3. The first kappa shape index (κ1) is 29.7. The van der Waals surface area contributed by atoms with Crippen LogP contribution in [0.15, 0.2) is 72.8 Å². The standard InChI is InChI=1S/C33H28ClF2N3O5/c1-42-16-22-17-43-18-30(22)39-29-12-20(33(40)41)7-10-28(29)37-31(39)13-21-11-26(36)24(14-25(21)35)27-3-2-4-32(38-27)44-15-19-5-8-23(34)9-6-19/h2-12,14,22,30H,13,15-18H2,1H3,(H,40,41)/t22-,30+/m0/s1. The number of rotatable bonds is 10. The van der Waals surface area contributed by atoms with E-state index in [-0.39, 0.29) is 53.3 Å². The van der Waals surface area contributed by atoms with Gasteiger partial charge in [0.1, 0.15) is 24.1 Å². The molecule has 3 aromatic carbocycles. The van der Waals surface area contributed by atoms with E-state index in [1.165, 1.54) is 6.07 Å². The maximum Gasteiger partial charge on any atom is 0.335 e. The number of aromatic nitrogens is 3. The third kappa shape index (κ3) is 6.14. The van der Waals surface area contributed by atoms with Crippen LogP contribution in [0.2, 0.25) is 5.02 Å². The lowest BCUT2D eigenvalue weighted by molar-refractivity contribution is 0.0697. The number of aromatic carboxylic acids is 1. The second kappa shape index (κ2) is 12.7. The van der Waals surface area contributed by atoms with Crippen molar-refractivity contribution in [1.29, 1.82) is 0 Å². The van der Waals surface area contributed by atoms with Gasteiger partial charge in [-0.25, -0.2) is 23.5 Å². The van der Waals surface area contributed by atoms with Crippen LogP contribution in [0, 0.1) is 17.6 Å². The van der Waals surface area contributed by atoms with Gasteiger partial charge in [0, 0.05) is 36.1 Å². The number of hydrogen-bond acceptors (Lipinski definition) is 6. The number of carbonyl (C=O) groups is 1. The fraction of sp³-hybridized carbons (Fsp3) is 0.242. The maximum atomic E-state index is 15.6. The second-order valence-corrected chi connectivity index (χ2v) is 11.0. The zero-order chi connectivity index (χ0) is 30.8. The number of hydrogen-bond donors (Lipinski definition) is 1. The Labute approximate surface area is 256 Å². The highest BCUT2D eigenvalue weighted by molar-refractivity contribution is 6.30. The fourth-order valence-corrected chi connectivity index (χ4v) is 5.62. The molecule has 3 heterocycles. The van der Waals surface area contributed by atoms with E-state index in [0.717, 1.165) is 17.7 Å². The lowest BCUT2D eigenvalue weighted by Gasteiger charge is -2.22. The number of imidazole rings is 1. The Kier molecular flexibility index (Phi) is 8.56. The average molecular weight is 620 g/mol. The van der Waals surface area contributed by atoms with Gasteiger partial charge in [-0.05, 0) is 59.7 Å². The number of methoxy groups -OCH3 is 1. The highest BCUT2D eigenvalue weighted by atomic mass is 35.5. The predicted octanol–water partition coefficient (Wildman–Crippen LogP) is 6.73. The van der Waals surface area contributed by atoms with Crippen LogP contribution in [0.1, 0.15) is 33.4 Å². The van der Waals surface area contributed by atoms with Gasteiger partial charge in [-0.15, -0.1) is 0 Å². The predicted molar refractivity (Wildman–Crippen MR) is 160 cm³/mol.